The number of aryl methyl sites for hydroxylation is 1. The Morgan fingerprint density at radius 3 is 2.62 bits per heavy atom. The highest BCUT2D eigenvalue weighted by Crippen LogP contribution is 2.10. The molecule has 0 fully saturated rings. The van der Waals surface area contributed by atoms with Gasteiger partial charge in [-0.25, -0.2) is 9.97 Å². The molecule has 0 radical (unpaired) electrons. The maximum absolute atomic E-state index is 4.28. The molecule has 0 atom stereocenters. The summed E-state index contributed by atoms with van der Waals surface area (Å²) in [6.07, 6.45) is 3.91. The van der Waals surface area contributed by atoms with Gasteiger partial charge in [0.15, 0.2) is 0 Å². The lowest BCUT2D eigenvalue weighted by atomic mass is 10.2. The lowest BCUT2D eigenvalue weighted by Crippen LogP contribution is -1.98. The Labute approximate surface area is 78.9 Å². The van der Waals surface area contributed by atoms with Gasteiger partial charge in [-0.1, -0.05) is 11.6 Å². The summed E-state index contributed by atoms with van der Waals surface area (Å²) in [6.45, 7) is 6.11. The molecule has 0 aromatic carbocycles. The Balaban J connectivity index is 3.05. The zero-order valence-electron chi connectivity index (χ0n) is 8.55. The molecular formula is C10H15N3. The van der Waals surface area contributed by atoms with Crippen LogP contribution in [0.25, 0.3) is 6.08 Å². The van der Waals surface area contributed by atoms with Crippen LogP contribution in [0.5, 0.6) is 0 Å². The van der Waals surface area contributed by atoms with Gasteiger partial charge in [-0.15, -0.1) is 0 Å². The first kappa shape index (κ1) is 9.71. The molecule has 13 heavy (non-hydrogen) atoms. The molecule has 1 N–H and O–H groups in total. The van der Waals surface area contributed by atoms with Crippen molar-refractivity contribution in [3.05, 3.63) is 23.0 Å². The van der Waals surface area contributed by atoms with Gasteiger partial charge in [-0.2, -0.15) is 0 Å². The molecule has 0 saturated heterocycles. The minimum absolute atomic E-state index is 0.670. The molecule has 0 spiro atoms. The van der Waals surface area contributed by atoms with Gasteiger partial charge in [0.25, 0.3) is 0 Å². The van der Waals surface area contributed by atoms with Crippen molar-refractivity contribution in [1.82, 2.24) is 9.97 Å². The second kappa shape index (κ2) is 4.03. The highest BCUT2D eigenvalue weighted by atomic mass is 15.1. The lowest BCUT2D eigenvalue weighted by molar-refractivity contribution is 1.08. The highest BCUT2D eigenvalue weighted by Gasteiger charge is 1.98. The van der Waals surface area contributed by atoms with Crippen LogP contribution < -0.4 is 5.32 Å². The van der Waals surface area contributed by atoms with Crippen LogP contribution in [0, 0.1) is 6.92 Å². The van der Waals surface area contributed by atoms with E-state index in [1.165, 1.54) is 5.57 Å². The predicted molar refractivity (Wildman–Crippen MR) is 55.6 cm³/mol. The smallest absolute Gasteiger partial charge is 0.222 e. The first-order valence-electron chi connectivity index (χ1n) is 4.30. The molecule has 1 heterocycles. The van der Waals surface area contributed by atoms with E-state index in [4.69, 9.17) is 0 Å². The van der Waals surface area contributed by atoms with Crippen LogP contribution in [0.3, 0.4) is 0 Å². The topological polar surface area (TPSA) is 37.8 Å². The molecule has 3 heteroatoms. The van der Waals surface area contributed by atoms with E-state index in [2.05, 4.69) is 35.2 Å². The van der Waals surface area contributed by atoms with E-state index in [1.807, 2.05) is 20.2 Å². The molecule has 1 rings (SSSR count). The monoisotopic (exact) mass is 177 g/mol. The van der Waals surface area contributed by atoms with Crippen molar-refractivity contribution < 1.29 is 0 Å². The highest BCUT2D eigenvalue weighted by molar-refractivity contribution is 5.53. The van der Waals surface area contributed by atoms with E-state index in [0.29, 0.717) is 5.95 Å². The zero-order chi connectivity index (χ0) is 9.84. The van der Waals surface area contributed by atoms with Crippen molar-refractivity contribution in [2.45, 2.75) is 20.8 Å². The fourth-order valence-electron chi connectivity index (χ4n) is 1.05. The third-order valence-corrected chi connectivity index (χ3v) is 1.69. The number of anilines is 1. The Kier molecular flexibility index (Phi) is 3.01. The third kappa shape index (κ3) is 2.54. The fourth-order valence-corrected chi connectivity index (χ4v) is 1.05. The molecule has 70 valence electrons. The van der Waals surface area contributed by atoms with Crippen molar-refractivity contribution in [3.63, 3.8) is 0 Å². The summed E-state index contributed by atoms with van der Waals surface area (Å²) in [5.41, 5.74) is 3.34. The van der Waals surface area contributed by atoms with Crippen molar-refractivity contribution in [1.29, 1.82) is 0 Å². The number of nitrogens with zero attached hydrogens (tertiary/aromatic N) is 2. The van der Waals surface area contributed by atoms with Gasteiger partial charge in [0.2, 0.25) is 5.95 Å². The summed E-state index contributed by atoms with van der Waals surface area (Å²) in [4.78, 5) is 8.42. The molecule has 3 nitrogen and oxygen atoms in total. The molecule has 0 amide bonds. The number of allylic oxidation sites excluding steroid dienone is 1. The van der Waals surface area contributed by atoms with Gasteiger partial charge in [0.05, 0.1) is 5.69 Å². The van der Waals surface area contributed by atoms with Crippen LogP contribution in [0.4, 0.5) is 5.95 Å². The Morgan fingerprint density at radius 1 is 1.46 bits per heavy atom. The summed E-state index contributed by atoms with van der Waals surface area (Å²) < 4.78 is 0. The number of hydrogen-bond acceptors (Lipinski definition) is 3. The van der Waals surface area contributed by atoms with Crippen LogP contribution in [-0.2, 0) is 0 Å². The van der Waals surface area contributed by atoms with Crippen molar-refractivity contribution in [2.24, 2.45) is 0 Å². The molecule has 0 aliphatic rings. The maximum atomic E-state index is 4.28. The van der Waals surface area contributed by atoms with Crippen LogP contribution >= 0.6 is 0 Å². The molecule has 1 aromatic heterocycles. The van der Waals surface area contributed by atoms with Gasteiger partial charge in [-0.3, -0.25) is 0 Å². The summed E-state index contributed by atoms with van der Waals surface area (Å²) >= 11 is 0. The van der Waals surface area contributed by atoms with Gasteiger partial charge < -0.3 is 5.32 Å². The average Bonchev–Trinajstić information content (AvgIpc) is 2.08. The largest absolute Gasteiger partial charge is 0.357 e. The Hall–Kier alpha value is -1.38. The number of rotatable bonds is 2. The molecule has 0 aliphatic carbocycles. The SMILES string of the molecule is CNc1ncc(C=C(C)C)c(C)n1. The van der Waals surface area contributed by atoms with Gasteiger partial charge in [-0.05, 0) is 20.8 Å². The first-order chi connectivity index (χ1) is 6.13. The van der Waals surface area contributed by atoms with Crippen molar-refractivity contribution in [3.8, 4) is 0 Å². The van der Waals surface area contributed by atoms with Crippen LogP contribution in [0.2, 0.25) is 0 Å². The molecule has 1 aromatic rings. The van der Waals surface area contributed by atoms with Crippen molar-refractivity contribution >= 4 is 12.0 Å². The quantitative estimate of drug-likeness (QED) is 0.753. The predicted octanol–water partition coefficient (Wildman–Crippen LogP) is 2.25. The molecule has 0 unspecified atom stereocenters. The second-order valence-electron chi connectivity index (χ2n) is 3.21. The van der Waals surface area contributed by atoms with Gasteiger partial charge in [0.1, 0.15) is 0 Å². The molecule has 0 saturated carbocycles. The molecular weight excluding hydrogens is 162 g/mol. The maximum Gasteiger partial charge on any atom is 0.222 e. The Morgan fingerprint density at radius 2 is 2.15 bits per heavy atom. The van der Waals surface area contributed by atoms with Crippen LogP contribution in [0.1, 0.15) is 25.1 Å². The van der Waals surface area contributed by atoms with Gasteiger partial charge in [0, 0.05) is 18.8 Å². The van der Waals surface area contributed by atoms with Crippen LogP contribution in [-0.4, -0.2) is 17.0 Å². The molecule has 0 bridgehead atoms. The standard InChI is InChI=1S/C10H15N3/c1-7(2)5-9-6-12-10(11-4)13-8(9)3/h5-6H,1-4H3,(H,11,12,13). The number of hydrogen-bond donors (Lipinski definition) is 1. The summed E-state index contributed by atoms with van der Waals surface area (Å²) in [6, 6.07) is 0. The number of nitrogens with one attached hydrogen (secondary N) is 1. The lowest BCUT2D eigenvalue weighted by Gasteiger charge is -2.02. The molecule has 0 aliphatic heterocycles. The first-order valence-corrected chi connectivity index (χ1v) is 4.30. The normalized spacial score (nSPS) is 9.54. The van der Waals surface area contributed by atoms with E-state index in [0.717, 1.165) is 11.3 Å². The zero-order valence-corrected chi connectivity index (χ0v) is 8.55. The minimum Gasteiger partial charge on any atom is -0.357 e. The summed E-state index contributed by atoms with van der Waals surface area (Å²) in [7, 11) is 1.81. The van der Waals surface area contributed by atoms with Gasteiger partial charge >= 0.3 is 0 Å². The van der Waals surface area contributed by atoms with E-state index in [9.17, 15) is 0 Å². The summed E-state index contributed by atoms with van der Waals surface area (Å²) in [5.74, 6) is 0.670. The summed E-state index contributed by atoms with van der Waals surface area (Å²) in [5, 5.41) is 2.91. The average molecular weight is 177 g/mol. The minimum atomic E-state index is 0.670. The Bertz CT molecular complexity index is 325. The van der Waals surface area contributed by atoms with E-state index in [-0.39, 0.29) is 0 Å². The van der Waals surface area contributed by atoms with E-state index in [1.54, 1.807) is 0 Å². The fraction of sp³-hybridized carbons (Fsp3) is 0.400. The second-order valence-corrected chi connectivity index (χ2v) is 3.21. The van der Waals surface area contributed by atoms with Crippen molar-refractivity contribution in [2.75, 3.05) is 12.4 Å². The van der Waals surface area contributed by atoms with E-state index < -0.39 is 0 Å². The van der Waals surface area contributed by atoms with E-state index >= 15 is 0 Å². The third-order valence-electron chi connectivity index (χ3n) is 1.69. The number of aromatic nitrogens is 2. The van der Waals surface area contributed by atoms with Crippen LogP contribution in [0.15, 0.2) is 11.8 Å².